The molecular weight excluding hydrogens is 90.4 g/mol. The summed E-state index contributed by atoms with van der Waals surface area (Å²) in [6.07, 6.45) is 0. The van der Waals surface area contributed by atoms with Gasteiger partial charge in [0, 0.05) is 0 Å². The Hall–Kier alpha value is 0.460. The Balaban J connectivity index is 2.30. The lowest BCUT2D eigenvalue weighted by atomic mass is 11.3. The van der Waals surface area contributed by atoms with E-state index in [4.69, 9.17) is 11.2 Å². The predicted octanol–water partition coefficient (Wildman–Crippen LogP) is 1.96. The van der Waals surface area contributed by atoms with Gasteiger partial charge in [0.25, 0.3) is 0 Å². The molecule has 0 radical (unpaired) electrons. The van der Waals surface area contributed by atoms with Crippen LogP contribution in [0.25, 0.3) is 0 Å². The first kappa shape index (κ1) is 4.46. The maximum atomic E-state index is 5.10. The number of hydrogen-bond acceptors (Lipinski definition) is 0. The minimum atomic E-state index is 0.377. The summed E-state index contributed by atoms with van der Waals surface area (Å²) in [4.78, 5) is 0. The molecular formula is C2H4ClP. The Labute approximate surface area is 32.4 Å². The molecule has 0 aromatic heterocycles. The van der Waals surface area contributed by atoms with Crippen molar-refractivity contribution in [1.29, 1.82) is 0 Å². The molecule has 0 saturated carbocycles. The number of hydrogen-bond donors (Lipinski definition) is 0. The normalized spacial score (nSPS) is 9.25. The Morgan fingerprint density at radius 1 is 2.00 bits per heavy atom. The SMILES string of the molecule is C=CPCl. The van der Waals surface area contributed by atoms with E-state index in [1.54, 1.807) is 5.82 Å². The van der Waals surface area contributed by atoms with Gasteiger partial charge >= 0.3 is 0 Å². The van der Waals surface area contributed by atoms with Crippen LogP contribution in [0.5, 0.6) is 0 Å². The first-order valence-electron chi connectivity index (χ1n) is 0.886. The Morgan fingerprint density at radius 3 is 2.25 bits per heavy atom. The first-order valence-corrected chi connectivity index (χ1v) is 2.98. The second-order valence-electron chi connectivity index (χ2n) is 0.313. The molecule has 0 nitrogen and oxygen atoms in total. The van der Waals surface area contributed by atoms with Crippen LogP contribution in [0.15, 0.2) is 12.4 Å². The lowest BCUT2D eigenvalue weighted by Crippen LogP contribution is -1.03. The summed E-state index contributed by atoms with van der Waals surface area (Å²) in [7, 11) is 0.377. The Morgan fingerprint density at radius 2 is 2.25 bits per heavy atom. The van der Waals surface area contributed by atoms with Gasteiger partial charge in [0.05, 0.1) is 0 Å². The van der Waals surface area contributed by atoms with Gasteiger partial charge < -0.3 is 0 Å². The lowest BCUT2D eigenvalue weighted by Gasteiger charge is -1.55. The maximum absolute atomic E-state index is 5.10. The molecule has 4 heavy (non-hydrogen) atoms. The van der Waals surface area contributed by atoms with Crippen molar-refractivity contribution in [3.63, 3.8) is 0 Å². The molecule has 0 aliphatic carbocycles. The second kappa shape index (κ2) is 3.46. The van der Waals surface area contributed by atoms with Crippen molar-refractivity contribution in [1.82, 2.24) is 0 Å². The van der Waals surface area contributed by atoms with E-state index in [0.29, 0.717) is 7.93 Å². The standard InChI is InChI=1S/C2H4ClP/c1-2-4-3/h2,4H,1H2. The molecule has 0 aliphatic heterocycles. The zero-order valence-corrected chi connectivity index (χ0v) is 3.92. The fraction of sp³-hybridized carbons (Fsp3) is 0. The predicted molar refractivity (Wildman–Crippen MR) is 24.4 cm³/mol. The molecule has 1 unspecified atom stereocenters. The van der Waals surface area contributed by atoms with Crippen molar-refractivity contribution in [2.45, 2.75) is 0 Å². The van der Waals surface area contributed by atoms with Crippen LogP contribution in [0.4, 0.5) is 0 Å². The average molecular weight is 94.5 g/mol. The van der Waals surface area contributed by atoms with Crippen molar-refractivity contribution in [2.75, 3.05) is 0 Å². The highest BCUT2D eigenvalue weighted by molar-refractivity contribution is 7.71. The Bertz CT molecular complexity index is 20.0. The van der Waals surface area contributed by atoms with Crippen LogP contribution < -0.4 is 0 Å². The lowest BCUT2D eigenvalue weighted by molar-refractivity contribution is 2.67. The summed E-state index contributed by atoms with van der Waals surface area (Å²) in [6, 6.07) is 0. The second-order valence-corrected chi connectivity index (χ2v) is 1.59. The fourth-order valence-corrected chi connectivity index (χ4v) is 0. The van der Waals surface area contributed by atoms with Crippen LogP contribution in [0.2, 0.25) is 0 Å². The van der Waals surface area contributed by atoms with E-state index in [2.05, 4.69) is 6.58 Å². The van der Waals surface area contributed by atoms with Gasteiger partial charge in [0.15, 0.2) is 0 Å². The van der Waals surface area contributed by atoms with Gasteiger partial charge in [-0.05, 0) is 7.93 Å². The van der Waals surface area contributed by atoms with E-state index in [1.165, 1.54) is 0 Å². The number of rotatable bonds is 1. The van der Waals surface area contributed by atoms with Crippen LogP contribution in [-0.2, 0) is 0 Å². The maximum Gasteiger partial charge on any atom is -0.00143 e. The van der Waals surface area contributed by atoms with E-state index in [9.17, 15) is 0 Å². The molecule has 0 aromatic carbocycles. The van der Waals surface area contributed by atoms with Crippen molar-refractivity contribution >= 4 is 19.2 Å². The van der Waals surface area contributed by atoms with E-state index < -0.39 is 0 Å². The van der Waals surface area contributed by atoms with Gasteiger partial charge in [-0.25, -0.2) is 0 Å². The molecule has 0 fully saturated rings. The molecule has 0 saturated heterocycles. The molecule has 0 amide bonds. The van der Waals surface area contributed by atoms with Crippen LogP contribution in [0.1, 0.15) is 0 Å². The van der Waals surface area contributed by atoms with Crippen molar-refractivity contribution in [3.05, 3.63) is 12.4 Å². The highest BCUT2D eigenvalue weighted by atomic mass is 35.7. The van der Waals surface area contributed by atoms with E-state index in [1.807, 2.05) is 0 Å². The fourth-order valence-electron chi connectivity index (χ4n) is 0. The third-order valence-electron chi connectivity index (χ3n) is 0.0772. The van der Waals surface area contributed by atoms with Gasteiger partial charge in [-0.3, -0.25) is 0 Å². The zero-order valence-electron chi connectivity index (χ0n) is 2.16. The molecule has 24 valence electrons. The minimum Gasteiger partial charge on any atom is -0.0977 e. The topological polar surface area (TPSA) is 0 Å². The highest BCUT2D eigenvalue weighted by Gasteiger charge is 1.47. The monoisotopic (exact) mass is 94.0 g/mol. The van der Waals surface area contributed by atoms with Crippen molar-refractivity contribution in [2.24, 2.45) is 0 Å². The molecule has 0 heterocycles. The third-order valence-corrected chi connectivity index (χ3v) is 0.694. The summed E-state index contributed by atoms with van der Waals surface area (Å²) in [5.74, 6) is 1.67. The summed E-state index contributed by atoms with van der Waals surface area (Å²) in [5.41, 5.74) is 0. The molecule has 0 rings (SSSR count). The average Bonchev–Trinajstić information content (AvgIpc) is 1.37. The van der Waals surface area contributed by atoms with Crippen LogP contribution >= 0.6 is 19.2 Å². The van der Waals surface area contributed by atoms with E-state index in [-0.39, 0.29) is 0 Å². The van der Waals surface area contributed by atoms with Gasteiger partial charge in [-0.15, -0.1) is 0 Å². The molecule has 0 bridgehead atoms. The van der Waals surface area contributed by atoms with Crippen LogP contribution in [0.3, 0.4) is 0 Å². The van der Waals surface area contributed by atoms with Crippen LogP contribution in [0, 0.1) is 0 Å². The zero-order chi connectivity index (χ0) is 3.41. The Kier molecular flexibility index (Phi) is 3.86. The summed E-state index contributed by atoms with van der Waals surface area (Å²) < 4.78 is 0. The molecule has 1 atom stereocenters. The first-order chi connectivity index (χ1) is 1.91. The number of halogens is 1. The molecule has 0 N–H and O–H groups in total. The van der Waals surface area contributed by atoms with Crippen molar-refractivity contribution < 1.29 is 0 Å². The van der Waals surface area contributed by atoms with Crippen molar-refractivity contribution in [3.8, 4) is 0 Å². The third kappa shape index (κ3) is 2.46. The van der Waals surface area contributed by atoms with Gasteiger partial charge in [-0.2, -0.15) is 0 Å². The molecule has 0 aliphatic rings. The largest absolute Gasteiger partial charge is 0.0977 e. The highest BCUT2D eigenvalue weighted by Crippen LogP contribution is 2.13. The van der Waals surface area contributed by atoms with Crippen LogP contribution in [-0.4, -0.2) is 0 Å². The summed E-state index contributed by atoms with van der Waals surface area (Å²) in [6.45, 7) is 3.36. The van der Waals surface area contributed by atoms with E-state index in [0.717, 1.165) is 0 Å². The molecule has 0 aromatic rings. The molecule has 0 spiro atoms. The summed E-state index contributed by atoms with van der Waals surface area (Å²) >= 11 is 5.10. The van der Waals surface area contributed by atoms with E-state index >= 15 is 0 Å². The summed E-state index contributed by atoms with van der Waals surface area (Å²) in [5, 5.41) is 0. The quantitative estimate of drug-likeness (QED) is 0.436. The minimum absolute atomic E-state index is 0.377. The van der Waals surface area contributed by atoms with Gasteiger partial charge in [0.2, 0.25) is 0 Å². The molecule has 2 heteroatoms. The van der Waals surface area contributed by atoms with Gasteiger partial charge in [0.1, 0.15) is 0 Å². The smallest absolute Gasteiger partial charge is 0.00143 e. The van der Waals surface area contributed by atoms with Gasteiger partial charge in [-0.1, -0.05) is 23.6 Å².